The maximum absolute atomic E-state index is 12.5. The van der Waals surface area contributed by atoms with Gasteiger partial charge in [0.05, 0.1) is 13.2 Å². The fourth-order valence-corrected chi connectivity index (χ4v) is 5.51. The highest BCUT2D eigenvalue weighted by Crippen LogP contribution is 2.44. The molecule has 0 atom stereocenters. The lowest BCUT2D eigenvalue weighted by Crippen LogP contribution is -2.36. The van der Waals surface area contributed by atoms with E-state index in [1.807, 2.05) is 6.08 Å². The van der Waals surface area contributed by atoms with Crippen LogP contribution in [0.25, 0.3) is 5.76 Å². The summed E-state index contributed by atoms with van der Waals surface area (Å²) in [5, 5.41) is 0.858. The molecule has 0 aromatic heterocycles. The lowest BCUT2D eigenvalue weighted by atomic mass is 9.99. The first-order valence-corrected chi connectivity index (χ1v) is 12.1. The SMILES string of the molecule is O=C1C=C(c2cccc3c2Sc2ccc(CBr)cc2C3)OC(N2CCOCC2)=CC1. The lowest BCUT2D eigenvalue weighted by Gasteiger charge is -2.31. The molecular weight excluding hydrogens is 462 g/mol. The first-order valence-electron chi connectivity index (χ1n) is 10.1. The molecule has 0 amide bonds. The molecule has 0 saturated carbocycles. The van der Waals surface area contributed by atoms with Gasteiger partial charge in [0.1, 0.15) is 5.76 Å². The molecule has 3 aliphatic heterocycles. The van der Waals surface area contributed by atoms with Gasteiger partial charge in [-0.05, 0) is 35.3 Å². The van der Waals surface area contributed by atoms with Gasteiger partial charge in [0.15, 0.2) is 11.7 Å². The third kappa shape index (κ3) is 3.96. The summed E-state index contributed by atoms with van der Waals surface area (Å²) in [6.07, 6.45) is 4.80. The Kier molecular flexibility index (Phi) is 5.72. The van der Waals surface area contributed by atoms with Crippen LogP contribution in [0.4, 0.5) is 0 Å². The average Bonchev–Trinajstić information content (AvgIpc) is 2.99. The molecule has 1 fully saturated rings. The number of nitrogens with zero attached hydrogens (tertiary/aromatic N) is 1. The molecule has 0 radical (unpaired) electrons. The van der Waals surface area contributed by atoms with Gasteiger partial charge in [0.2, 0.25) is 0 Å². The first kappa shape index (κ1) is 19.9. The number of rotatable bonds is 3. The van der Waals surface area contributed by atoms with Gasteiger partial charge < -0.3 is 14.4 Å². The van der Waals surface area contributed by atoms with E-state index in [-0.39, 0.29) is 5.78 Å². The molecule has 2 aromatic rings. The Morgan fingerprint density at radius 3 is 2.80 bits per heavy atom. The number of ether oxygens (including phenoxy) is 2. The normalized spacial score (nSPS) is 18.6. The van der Waals surface area contributed by atoms with E-state index in [1.54, 1.807) is 17.8 Å². The van der Waals surface area contributed by atoms with Crippen LogP contribution in [0.15, 0.2) is 64.2 Å². The minimum absolute atomic E-state index is 0.0639. The summed E-state index contributed by atoms with van der Waals surface area (Å²) in [6, 6.07) is 12.9. The van der Waals surface area contributed by atoms with E-state index < -0.39 is 0 Å². The number of fused-ring (bicyclic) bond motifs is 2. The molecule has 0 aliphatic carbocycles. The van der Waals surface area contributed by atoms with Crippen LogP contribution in [-0.2, 0) is 26.0 Å². The van der Waals surface area contributed by atoms with Gasteiger partial charge in [-0.15, -0.1) is 0 Å². The zero-order valence-corrected chi connectivity index (χ0v) is 18.9. The highest BCUT2D eigenvalue weighted by atomic mass is 79.9. The van der Waals surface area contributed by atoms with Crippen LogP contribution in [0, 0.1) is 0 Å². The number of ketones is 1. The fourth-order valence-electron chi connectivity index (χ4n) is 3.99. The summed E-state index contributed by atoms with van der Waals surface area (Å²) >= 11 is 5.32. The molecule has 1 saturated heterocycles. The van der Waals surface area contributed by atoms with Crippen LogP contribution >= 0.6 is 27.7 Å². The smallest absolute Gasteiger partial charge is 0.192 e. The standard InChI is InChI=1S/C24H22BrNO3S/c25-15-16-4-6-22-18(12-16)13-17-2-1-3-20(24(17)30-22)21-14-19(27)5-7-23(29-21)26-8-10-28-11-9-26/h1-4,6-7,12,14H,5,8-11,13,15H2. The van der Waals surface area contributed by atoms with Gasteiger partial charge in [-0.3, -0.25) is 4.79 Å². The minimum Gasteiger partial charge on any atom is -0.441 e. The zero-order valence-electron chi connectivity index (χ0n) is 16.5. The van der Waals surface area contributed by atoms with Crippen molar-refractivity contribution in [3.63, 3.8) is 0 Å². The second-order valence-corrected chi connectivity index (χ2v) is 9.18. The first-order chi connectivity index (χ1) is 14.7. The van der Waals surface area contributed by atoms with E-state index in [4.69, 9.17) is 9.47 Å². The van der Waals surface area contributed by atoms with Crippen molar-refractivity contribution in [2.24, 2.45) is 0 Å². The molecule has 0 unspecified atom stereocenters. The van der Waals surface area contributed by atoms with E-state index >= 15 is 0 Å². The molecule has 5 rings (SSSR count). The molecule has 6 heteroatoms. The lowest BCUT2D eigenvalue weighted by molar-refractivity contribution is -0.113. The number of halogens is 1. The number of hydrogen-bond acceptors (Lipinski definition) is 5. The van der Waals surface area contributed by atoms with Crippen LogP contribution in [-0.4, -0.2) is 37.0 Å². The monoisotopic (exact) mass is 483 g/mol. The van der Waals surface area contributed by atoms with Crippen molar-refractivity contribution < 1.29 is 14.3 Å². The molecule has 4 nitrogen and oxygen atoms in total. The summed E-state index contributed by atoms with van der Waals surface area (Å²) in [6.45, 7) is 2.91. The third-order valence-electron chi connectivity index (χ3n) is 5.54. The number of carbonyl (C=O) groups is 1. The van der Waals surface area contributed by atoms with Gasteiger partial charge in [-0.2, -0.15) is 0 Å². The Balaban J connectivity index is 1.49. The van der Waals surface area contributed by atoms with Crippen LogP contribution in [0.2, 0.25) is 0 Å². The highest BCUT2D eigenvalue weighted by Gasteiger charge is 2.25. The van der Waals surface area contributed by atoms with Gasteiger partial charge >= 0.3 is 0 Å². The van der Waals surface area contributed by atoms with Gasteiger partial charge in [-0.25, -0.2) is 0 Å². The van der Waals surface area contributed by atoms with E-state index in [9.17, 15) is 4.79 Å². The summed E-state index contributed by atoms with van der Waals surface area (Å²) in [5.41, 5.74) is 4.90. The van der Waals surface area contributed by atoms with Crippen molar-refractivity contribution in [1.82, 2.24) is 4.90 Å². The zero-order chi connectivity index (χ0) is 20.5. The molecule has 30 heavy (non-hydrogen) atoms. The third-order valence-corrected chi connectivity index (χ3v) is 7.49. The molecule has 154 valence electrons. The topological polar surface area (TPSA) is 38.8 Å². The van der Waals surface area contributed by atoms with E-state index in [2.05, 4.69) is 57.2 Å². The molecule has 0 N–H and O–H groups in total. The number of alkyl halides is 1. The Morgan fingerprint density at radius 2 is 1.97 bits per heavy atom. The predicted octanol–water partition coefficient (Wildman–Crippen LogP) is 5.14. The average molecular weight is 484 g/mol. The Bertz CT molecular complexity index is 1060. The van der Waals surface area contributed by atoms with Gasteiger partial charge in [-0.1, -0.05) is 58.0 Å². The fraction of sp³-hybridized carbons (Fsp3) is 0.292. The van der Waals surface area contributed by atoms with Crippen LogP contribution in [0.1, 0.15) is 28.7 Å². The van der Waals surface area contributed by atoms with Crippen LogP contribution in [0.3, 0.4) is 0 Å². The van der Waals surface area contributed by atoms with Crippen molar-refractivity contribution in [2.75, 3.05) is 26.3 Å². The summed E-state index contributed by atoms with van der Waals surface area (Å²) in [5.74, 6) is 1.46. The highest BCUT2D eigenvalue weighted by molar-refractivity contribution is 9.08. The van der Waals surface area contributed by atoms with Crippen molar-refractivity contribution in [3.05, 3.63) is 76.7 Å². The van der Waals surface area contributed by atoms with Gasteiger partial charge in [0.25, 0.3) is 0 Å². The van der Waals surface area contributed by atoms with Crippen molar-refractivity contribution in [1.29, 1.82) is 0 Å². The number of carbonyl (C=O) groups excluding carboxylic acids is 1. The van der Waals surface area contributed by atoms with Crippen LogP contribution < -0.4 is 0 Å². The Hall–Kier alpha value is -2.02. The molecular formula is C24H22BrNO3S. The summed E-state index contributed by atoms with van der Waals surface area (Å²) in [7, 11) is 0. The Labute approximate surface area is 189 Å². The number of benzene rings is 2. The number of allylic oxidation sites excluding steroid dienone is 2. The molecule has 3 heterocycles. The number of hydrogen-bond donors (Lipinski definition) is 0. The maximum atomic E-state index is 12.5. The summed E-state index contributed by atoms with van der Waals surface area (Å²) in [4.78, 5) is 17.1. The van der Waals surface area contributed by atoms with Crippen molar-refractivity contribution >= 4 is 39.2 Å². The van der Waals surface area contributed by atoms with Crippen molar-refractivity contribution in [2.45, 2.75) is 28.0 Å². The molecule has 3 aliphatic rings. The Morgan fingerprint density at radius 1 is 1.10 bits per heavy atom. The van der Waals surface area contributed by atoms with Crippen molar-refractivity contribution in [3.8, 4) is 0 Å². The minimum atomic E-state index is 0.0639. The van der Waals surface area contributed by atoms with Crippen LogP contribution in [0.5, 0.6) is 0 Å². The molecule has 2 aromatic carbocycles. The predicted molar refractivity (Wildman–Crippen MR) is 122 cm³/mol. The van der Waals surface area contributed by atoms with E-state index in [0.29, 0.717) is 25.4 Å². The second kappa shape index (κ2) is 8.61. The molecule has 0 bridgehead atoms. The summed E-state index contributed by atoms with van der Waals surface area (Å²) < 4.78 is 11.8. The maximum Gasteiger partial charge on any atom is 0.192 e. The number of morpholine rings is 1. The largest absolute Gasteiger partial charge is 0.441 e. The molecule has 0 spiro atoms. The second-order valence-electron chi connectivity index (χ2n) is 7.57. The van der Waals surface area contributed by atoms with E-state index in [0.717, 1.165) is 36.3 Å². The van der Waals surface area contributed by atoms with E-state index in [1.165, 1.54) is 26.5 Å². The quantitative estimate of drug-likeness (QED) is 0.482. The van der Waals surface area contributed by atoms with Gasteiger partial charge in [0, 0.05) is 46.3 Å².